The van der Waals surface area contributed by atoms with E-state index in [2.05, 4.69) is 20.8 Å². The van der Waals surface area contributed by atoms with Crippen molar-refractivity contribution >= 4 is 0 Å². The molecule has 0 heterocycles. The topological polar surface area (TPSA) is 18.5 Å². The molecule has 0 aromatic heterocycles. The van der Waals surface area contributed by atoms with E-state index in [-0.39, 0.29) is 16.9 Å². The van der Waals surface area contributed by atoms with Crippen LogP contribution in [0.2, 0.25) is 0 Å². The summed E-state index contributed by atoms with van der Waals surface area (Å²) in [5, 5.41) is 0. The summed E-state index contributed by atoms with van der Waals surface area (Å²) in [4.78, 5) is 0. The van der Waals surface area contributed by atoms with Crippen molar-refractivity contribution in [3.8, 4) is 0 Å². The van der Waals surface area contributed by atoms with Gasteiger partial charge in [-0.2, -0.15) is 13.2 Å². The summed E-state index contributed by atoms with van der Waals surface area (Å²) in [6.45, 7) is 8.95. The van der Waals surface area contributed by atoms with Crippen molar-refractivity contribution in [1.82, 2.24) is 0 Å². The van der Waals surface area contributed by atoms with Gasteiger partial charge in [-0.05, 0) is 111 Å². The average Bonchev–Trinajstić information content (AvgIpc) is 3.11. The standard InChI is InChI=1S/C28H47F3O2/c1-7-13-27(33-6)16-15-25(3)19(17-27)8-9-20-22-11-10-21(26(22,4)14-12-23(20)25)18(2)24(32-5)28(29,30)31/h18-24H,7-17H2,1-6H3/t18-,19+,20-,21+,22-,23-,24-,25-,26+,27+/m0/s1. The minimum atomic E-state index is -4.29. The summed E-state index contributed by atoms with van der Waals surface area (Å²) in [7, 11) is 3.13. The predicted molar refractivity (Wildman–Crippen MR) is 126 cm³/mol. The third-order valence-corrected chi connectivity index (χ3v) is 11.7. The summed E-state index contributed by atoms with van der Waals surface area (Å²) < 4.78 is 52.2. The zero-order chi connectivity index (χ0) is 24.2. The van der Waals surface area contributed by atoms with Crippen molar-refractivity contribution in [2.75, 3.05) is 14.2 Å². The highest BCUT2D eigenvalue weighted by Gasteiger charge is 2.63. The molecule has 4 aliphatic carbocycles. The minimum absolute atomic E-state index is 0.0129. The molecular weight excluding hydrogens is 425 g/mol. The number of ether oxygens (including phenoxy) is 2. The van der Waals surface area contributed by atoms with Gasteiger partial charge in [0.1, 0.15) is 0 Å². The van der Waals surface area contributed by atoms with Crippen LogP contribution in [0.3, 0.4) is 0 Å². The van der Waals surface area contributed by atoms with Gasteiger partial charge in [-0.3, -0.25) is 0 Å². The zero-order valence-electron chi connectivity index (χ0n) is 21.8. The number of fused-ring (bicyclic) bond motifs is 5. The van der Waals surface area contributed by atoms with Crippen molar-refractivity contribution in [2.45, 2.75) is 116 Å². The van der Waals surface area contributed by atoms with Crippen molar-refractivity contribution in [3.63, 3.8) is 0 Å². The molecule has 0 radical (unpaired) electrons. The number of hydrogen-bond acceptors (Lipinski definition) is 2. The fraction of sp³-hybridized carbons (Fsp3) is 1.00. The first kappa shape index (κ1) is 25.8. The number of alkyl halides is 3. The molecule has 0 unspecified atom stereocenters. The first-order valence-electron chi connectivity index (χ1n) is 13.6. The third kappa shape index (κ3) is 4.09. The van der Waals surface area contributed by atoms with Gasteiger partial charge in [-0.15, -0.1) is 0 Å². The van der Waals surface area contributed by atoms with Crippen LogP contribution < -0.4 is 0 Å². The lowest BCUT2D eigenvalue weighted by atomic mass is 9.43. The highest BCUT2D eigenvalue weighted by atomic mass is 19.4. The zero-order valence-corrected chi connectivity index (χ0v) is 21.8. The molecule has 0 bridgehead atoms. The fourth-order valence-electron chi connectivity index (χ4n) is 10.0. The Labute approximate surface area is 199 Å². The van der Waals surface area contributed by atoms with E-state index < -0.39 is 18.2 Å². The Bertz CT molecular complexity index is 695. The van der Waals surface area contributed by atoms with Gasteiger partial charge >= 0.3 is 6.18 Å². The molecule has 0 aromatic carbocycles. The molecule has 33 heavy (non-hydrogen) atoms. The number of methoxy groups -OCH3 is 2. The summed E-state index contributed by atoms with van der Waals surface area (Å²) in [5.41, 5.74) is 0.444. The van der Waals surface area contributed by atoms with Crippen LogP contribution in [0.25, 0.3) is 0 Å². The molecule has 0 N–H and O–H groups in total. The normalized spacial score (nSPS) is 47.4. The molecule has 4 rings (SSSR count). The molecule has 2 nitrogen and oxygen atoms in total. The van der Waals surface area contributed by atoms with E-state index in [1.54, 1.807) is 6.92 Å². The van der Waals surface area contributed by atoms with Gasteiger partial charge in [-0.1, -0.05) is 34.1 Å². The summed E-state index contributed by atoms with van der Waals surface area (Å²) in [5.74, 6) is 2.30. The van der Waals surface area contributed by atoms with Crippen molar-refractivity contribution in [3.05, 3.63) is 0 Å². The van der Waals surface area contributed by atoms with Gasteiger partial charge < -0.3 is 9.47 Å². The van der Waals surface area contributed by atoms with Crippen molar-refractivity contribution in [1.29, 1.82) is 0 Å². The Morgan fingerprint density at radius 2 is 1.61 bits per heavy atom. The average molecular weight is 473 g/mol. The molecule has 0 aliphatic heterocycles. The maximum atomic E-state index is 13.7. The van der Waals surface area contributed by atoms with Gasteiger partial charge in [0.2, 0.25) is 0 Å². The third-order valence-electron chi connectivity index (χ3n) is 11.7. The molecule has 0 aromatic rings. The summed E-state index contributed by atoms with van der Waals surface area (Å²) in [6.07, 6.45) is 6.79. The number of halogens is 3. The Morgan fingerprint density at radius 1 is 0.909 bits per heavy atom. The van der Waals surface area contributed by atoms with Gasteiger partial charge in [0.25, 0.3) is 0 Å². The maximum absolute atomic E-state index is 13.7. The predicted octanol–water partition coefficient (Wildman–Crippen LogP) is 8.04. The van der Waals surface area contributed by atoms with Crippen LogP contribution in [-0.4, -0.2) is 32.1 Å². The Hall–Kier alpha value is -0.290. The minimum Gasteiger partial charge on any atom is -0.378 e. The van der Waals surface area contributed by atoms with E-state index in [9.17, 15) is 13.2 Å². The van der Waals surface area contributed by atoms with Crippen molar-refractivity contribution in [2.24, 2.45) is 46.3 Å². The van der Waals surface area contributed by atoms with E-state index in [0.717, 1.165) is 43.9 Å². The van der Waals surface area contributed by atoms with E-state index in [1.807, 2.05) is 7.11 Å². The van der Waals surface area contributed by atoms with E-state index in [4.69, 9.17) is 9.47 Å². The molecule has 4 fully saturated rings. The summed E-state index contributed by atoms with van der Waals surface area (Å²) >= 11 is 0. The van der Waals surface area contributed by atoms with E-state index in [0.29, 0.717) is 17.3 Å². The van der Waals surface area contributed by atoms with E-state index in [1.165, 1.54) is 45.6 Å². The fourth-order valence-corrected chi connectivity index (χ4v) is 10.0. The Morgan fingerprint density at radius 3 is 2.21 bits per heavy atom. The van der Waals surface area contributed by atoms with Crippen LogP contribution in [0, 0.1) is 46.3 Å². The van der Waals surface area contributed by atoms with Crippen molar-refractivity contribution < 1.29 is 22.6 Å². The molecule has 5 heteroatoms. The first-order chi connectivity index (χ1) is 15.5. The molecule has 0 spiro atoms. The van der Waals surface area contributed by atoms with Gasteiger partial charge in [-0.25, -0.2) is 0 Å². The molecule has 4 saturated carbocycles. The largest absolute Gasteiger partial charge is 0.414 e. The lowest BCUT2D eigenvalue weighted by Crippen LogP contribution is -2.56. The van der Waals surface area contributed by atoms with Gasteiger partial charge in [0, 0.05) is 14.2 Å². The van der Waals surface area contributed by atoms with Crippen LogP contribution in [0.4, 0.5) is 13.2 Å². The molecule has 10 atom stereocenters. The van der Waals surface area contributed by atoms with Crippen LogP contribution >= 0.6 is 0 Å². The monoisotopic (exact) mass is 472 g/mol. The quantitative estimate of drug-likeness (QED) is 0.389. The lowest BCUT2D eigenvalue weighted by Gasteiger charge is -2.62. The van der Waals surface area contributed by atoms with E-state index >= 15 is 0 Å². The number of hydrogen-bond donors (Lipinski definition) is 0. The highest BCUT2D eigenvalue weighted by Crippen LogP contribution is 2.69. The lowest BCUT2D eigenvalue weighted by molar-refractivity contribution is -0.237. The van der Waals surface area contributed by atoms with Crippen LogP contribution in [0.1, 0.15) is 98.3 Å². The molecule has 192 valence electrons. The first-order valence-corrected chi connectivity index (χ1v) is 13.6. The molecule has 4 aliphatic rings. The Balaban J connectivity index is 1.53. The highest BCUT2D eigenvalue weighted by molar-refractivity contribution is 5.11. The maximum Gasteiger partial charge on any atom is 0.414 e. The van der Waals surface area contributed by atoms with Crippen LogP contribution in [-0.2, 0) is 9.47 Å². The molecule has 0 saturated heterocycles. The Kier molecular flexibility index (Phi) is 7.02. The second kappa shape index (κ2) is 8.98. The smallest absolute Gasteiger partial charge is 0.378 e. The number of rotatable bonds is 6. The molecule has 0 amide bonds. The summed E-state index contributed by atoms with van der Waals surface area (Å²) in [6, 6.07) is 0. The second-order valence-corrected chi connectivity index (χ2v) is 12.8. The van der Waals surface area contributed by atoms with Crippen LogP contribution in [0.15, 0.2) is 0 Å². The molecular formula is C28H47F3O2. The van der Waals surface area contributed by atoms with Crippen LogP contribution in [0.5, 0.6) is 0 Å². The SMILES string of the molecule is CCC[C@@]1(OC)CC[C@@]2(C)[C@H](CC[C@@H]3[C@@H]2CC[C@]2(C)[C@@H]([C@H](C)[C@H](OC)C(F)(F)F)CC[C@@H]32)C1. The van der Waals surface area contributed by atoms with Gasteiger partial charge in [0.15, 0.2) is 6.10 Å². The second-order valence-electron chi connectivity index (χ2n) is 12.8. The van der Waals surface area contributed by atoms with Gasteiger partial charge in [0.05, 0.1) is 5.60 Å².